The molecule has 2 aromatic rings. The number of carbonyl (C=O) groups is 1. The second-order valence-corrected chi connectivity index (χ2v) is 3.57. The number of aromatic hydroxyl groups is 1. The third-order valence-electron chi connectivity index (χ3n) is 2.25. The number of benzene rings is 1. The van der Waals surface area contributed by atoms with Crippen molar-refractivity contribution in [2.75, 3.05) is 7.11 Å². The molecule has 3 N–H and O–H groups in total. The van der Waals surface area contributed by atoms with Gasteiger partial charge in [-0.15, -0.1) is 0 Å². The minimum atomic E-state index is -1.11. The second-order valence-electron chi connectivity index (χ2n) is 3.19. The van der Waals surface area contributed by atoms with Crippen molar-refractivity contribution in [1.82, 2.24) is 4.98 Å². The SMILES string of the molecule is COc1cc2[nH]c(C(=O)O)cc2c(O)c1Cl. The zero-order valence-corrected chi connectivity index (χ0v) is 9.00. The summed E-state index contributed by atoms with van der Waals surface area (Å²) in [5.41, 5.74) is 0.436. The fraction of sp³-hybridized carbons (Fsp3) is 0.100. The van der Waals surface area contributed by atoms with Crippen molar-refractivity contribution in [1.29, 1.82) is 0 Å². The first-order valence-corrected chi connectivity index (χ1v) is 4.74. The Kier molecular flexibility index (Phi) is 2.40. The molecule has 16 heavy (non-hydrogen) atoms. The average molecular weight is 242 g/mol. The first-order valence-electron chi connectivity index (χ1n) is 4.36. The number of carboxylic acids is 1. The quantitative estimate of drug-likeness (QED) is 0.753. The minimum Gasteiger partial charge on any atom is -0.506 e. The Balaban J connectivity index is 2.77. The molecule has 84 valence electrons. The van der Waals surface area contributed by atoms with Crippen molar-refractivity contribution < 1.29 is 19.7 Å². The Morgan fingerprint density at radius 3 is 2.75 bits per heavy atom. The molecule has 0 saturated carbocycles. The van der Waals surface area contributed by atoms with E-state index < -0.39 is 5.97 Å². The van der Waals surface area contributed by atoms with Crippen LogP contribution in [0.15, 0.2) is 12.1 Å². The number of aromatic amines is 1. The molecule has 0 unspecified atom stereocenters. The number of nitrogens with one attached hydrogen (secondary N) is 1. The number of phenolic OH excluding ortho intramolecular Hbond substituents is 1. The Morgan fingerprint density at radius 1 is 1.50 bits per heavy atom. The van der Waals surface area contributed by atoms with Crippen molar-refractivity contribution in [2.45, 2.75) is 0 Å². The molecule has 0 saturated heterocycles. The van der Waals surface area contributed by atoms with Crippen LogP contribution in [0.4, 0.5) is 0 Å². The molecule has 0 amide bonds. The Labute approximate surface area is 95.2 Å². The summed E-state index contributed by atoms with van der Waals surface area (Å²) in [4.78, 5) is 13.4. The van der Waals surface area contributed by atoms with Crippen LogP contribution < -0.4 is 4.74 Å². The standard InChI is InChI=1S/C10H8ClNO4/c1-16-7-3-5-4(9(13)8(7)11)2-6(12-5)10(14)15/h2-3,12-13H,1H3,(H,14,15). The topological polar surface area (TPSA) is 82.6 Å². The van der Waals surface area contributed by atoms with E-state index in [2.05, 4.69) is 4.98 Å². The van der Waals surface area contributed by atoms with Gasteiger partial charge in [0.1, 0.15) is 22.2 Å². The summed E-state index contributed by atoms with van der Waals surface area (Å²) in [6.45, 7) is 0. The Morgan fingerprint density at radius 2 is 2.19 bits per heavy atom. The molecule has 0 bridgehead atoms. The minimum absolute atomic E-state index is 0.0189. The number of fused-ring (bicyclic) bond motifs is 1. The van der Waals surface area contributed by atoms with Crippen molar-refractivity contribution in [3.63, 3.8) is 0 Å². The Bertz CT molecular complexity index is 576. The van der Waals surface area contributed by atoms with Gasteiger partial charge in [-0.3, -0.25) is 0 Å². The van der Waals surface area contributed by atoms with Gasteiger partial charge in [-0.05, 0) is 6.07 Å². The molecule has 0 spiro atoms. The fourth-order valence-electron chi connectivity index (χ4n) is 1.47. The maximum absolute atomic E-state index is 10.7. The van der Waals surface area contributed by atoms with Gasteiger partial charge in [0.25, 0.3) is 0 Å². The lowest BCUT2D eigenvalue weighted by molar-refractivity contribution is 0.0691. The number of phenols is 1. The second kappa shape index (κ2) is 3.61. The van der Waals surface area contributed by atoms with Gasteiger partial charge in [-0.25, -0.2) is 4.79 Å². The van der Waals surface area contributed by atoms with E-state index in [-0.39, 0.29) is 22.2 Å². The van der Waals surface area contributed by atoms with Crippen molar-refractivity contribution >= 4 is 28.5 Å². The number of aromatic carboxylic acids is 1. The first kappa shape index (κ1) is 10.6. The molecule has 0 atom stereocenters. The van der Waals surface area contributed by atoms with E-state index in [4.69, 9.17) is 21.4 Å². The number of hydrogen-bond donors (Lipinski definition) is 3. The molecule has 1 heterocycles. The highest BCUT2D eigenvalue weighted by molar-refractivity contribution is 6.34. The molecular weight excluding hydrogens is 234 g/mol. The first-order chi connectivity index (χ1) is 7.54. The summed E-state index contributed by atoms with van der Waals surface area (Å²) in [5, 5.41) is 18.9. The number of carboxylic acid groups (broad SMARTS) is 1. The Hall–Kier alpha value is -1.88. The molecule has 6 heteroatoms. The largest absolute Gasteiger partial charge is 0.506 e. The lowest BCUT2D eigenvalue weighted by Gasteiger charge is -2.05. The number of rotatable bonds is 2. The third-order valence-corrected chi connectivity index (χ3v) is 2.62. The van der Waals surface area contributed by atoms with Gasteiger partial charge in [0.2, 0.25) is 0 Å². The molecule has 1 aromatic heterocycles. The molecule has 0 fully saturated rings. The smallest absolute Gasteiger partial charge is 0.352 e. The molecule has 0 radical (unpaired) electrons. The summed E-state index contributed by atoms with van der Waals surface area (Å²) >= 11 is 5.82. The molecule has 0 aliphatic rings. The van der Waals surface area contributed by atoms with E-state index in [1.54, 1.807) is 0 Å². The molecule has 5 nitrogen and oxygen atoms in total. The monoisotopic (exact) mass is 241 g/mol. The maximum Gasteiger partial charge on any atom is 0.352 e. The van der Waals surface area contributed by atoms with E-state index >= 15 is 0 Å². The highest BCUT2D eigenvalue weighted by Crippen LogP contribution is 2.39. The van der Waals surface area contributed by atoms with Gasteiger partial charge in [0.05, 0.1) is 12.6 Å². The zero-order chi connectivity index (χ0) is 11.9. The number of aromatic nitrogens is 1. The third kappa shape index (κ3) is 1.45. The van der Waals surface area contributed by atoms with Crippen LogP contribution >= 0.6 is 11.6 Å². The highest BCUT2D eigenvalue weighted by atomic mass is 35.5. The predicted molar refractivity (Wildman–Crippen MR) is 58.5 cm³/mol. The number of H-pyrrole nitrogens is 1. The molecule has 0 aliphatic carbocycles. The number of halogens is 1. The van der Waals surface area contributed by atoms with Crippen LogP contribution in [0.25, 0.3) is 10.9 Å². The van der Waals surface area contributed by atoms with Gasteiger partial charge in [0.15, 0.2) is 0 Å². The van der Waals surface area contributed by atoms with Gasteiger partial charge in [-0.1, -0.05) is 11.6 Å². The van der Waals surface area contributed by atoms with Crippen molar-refractivity contribution in [3.05, 3.63) is 22.8 Å². The van der Waals surface area contributed by atoms with Gasteiger partial charge < -0.3 is 19.9 Å². The van der Waals surface area contributed by atoms with Crippen LogP contribution in [0.5, 0.6) is 11.5 Å². The molecular formula is C10H8ClNO4. The van der Waals surface area contributed by atoms with Crippen molar-refractivity contribution in [3.8, 4) is 11.5 Å². The van der Waals surface area contributed by atoms with Gasteiger partial charge >= 0.3 is 5.97 Å². The summed E-state index contributed by atoms with van der Waals surface area (Å²) in [6.07, 6.45) is 0. The van der Waals surface area contributed by atoms with E-state index in [0.717, 1.165) is 0 Å². The number of ether oxygens (including phenoxy) is 1. The van der Waals surface area contributed by atoms with E-state index in [9.17, 15) is 9.90 Å². The van der Waals surface area contributed by atoms with Crippen LogP contribution in [0.3, 0.4) is 0 Å². The maximum atomic E-state index is 10.7. The van der Waals surface area contributed by atoms with Gasteiger partial charge in [0, 0.05) is 11.5 Å². The van der Waals surface area contributed by atoms with Crippen LogP contribution in [0, 0.1) is 0 Å². The summed E-state index contributed by atoms with van der Waals surface area (Å²) in [7, 11) is 1.41. The van der Waals surface area contributed by atoms with Crippen molar-refractivity contribution in [2.24, 2.45) is 0 Å². The van der Waals surface area contributed by atoms with Crippen LogP contribution in [-0.4, -0.2) is 28.3 Å². The number of hydrogen-bond acceptors (Lipinski definition) is 3. The van der Waals surface area contributed by atoms with Crippen LogP contribution in [0.1, 0.15) is 10.5 Å². The lowest BCUT2D eigenvalue weighted by atomic mass is 10.2. The van der Waals surface area contributed by atoms with E-state index in [0.29, 0.717) is 10.9 Å². The van der Waals surface area contributed by atoms with E-state index in [1.165, 1.54) is 19.2 Å². The zero-order valence-electron chi connectivity index (χ0n) is 8.24. The summed E-state index contributed by atoms with van der Waals surface area (Å²) in [5.74, 6) is -1.02. The highest BCUT2D eigenvalue weighted by Gasteiger charge is 2.16. The summed E-state index contributed by atoms with van der Waals surface area (Å²) in [6, 6.07) is 2.85. The van der Waals surface area contributed by atoms with E-state index in [1.807, 2.05) is 0 Å². The normalized spacial score (nSPS) is 10.6. The average Bonchev–Trinajstić information content (AvgIpc) is 2.67. The van der Waals surface area contributed by atoms with Gasteiger partial charge in [-0.2, -0.15) is 0 Å². The fourth-order valence-corrected chi connectivity index (χ4v) is 1.71. The number of methoxy groups -OCH3 is 1. The molecule has 0 aliphatic heterocycles. The van der Waals surface area contributed by atoms with Crippen LogP contribution in [-0.2, 0) is 0 Å². The molecule has 1 aromatic carbocycles. The summed E-state index contributed by atoms with van der Waals surface area (Å²) < 4.78 is 4.94. The van der Waals surface area contributed by atoms with Crippen LogP contribution in [0.2, 0.25) is 5.02 Å². The predicted octanol–water partition coefficient (Wildman–Crippen LogP) is 2.23. The molecule has 2 rings (SSSR count). The lowest BCUT2D eigenvalue weighted by Crippen LogP contribution is -1.94.